The standard InChI is InChI=1S/C21H19N5O4/c1-3-15-14-11-13(12-22-20(14)30-25-15)19(27)23-16-7-5-6-8-18(16)26-10-9-17(24-26)21(28)29-4-2/h5-12H,3-4H2,1-2H3,(H,23,27). The average molecular weight is 405 g/mol. The number of hydrogen-bond donors (Lipinski definition) is 1. The summed E-state index contributed by atoms with van der Waals surface area (Å²) < 4.78 is 11.7. The van der Waals surface area contributed by atoms with Crippen LogP contribution in [0.2, 0.25) is 0 Å². The van der Waals surface area contributed by atoms with Crippen molar-refractivity contribution in [1.82, 2.24) is 19.9 Å². The van der Waals surface area contributed by atoms with Gasteiger partial charge in [-0.1, -0.05) is 24.2 Å². The molecule has 0 saturated heterocycles. The number of carbonyl (C=O) groups excluding carboxylic acids is 2. The lowest BCUT2D eigenvalue weighted by molar-refractivity contribution is 0.0518. The number of hydrogen-bond acceptors (Lipinski definition) is 7. The Morgan fingerprint density at radius 3 is 2.83 bits per heavy atom. The number of pyridine rings is 1. The number of carbonyl (C=O) groups is 2. The normalized spacial score (nSPS) is 10.9. The number of esters is 1. The summed E-state index contributed by atoms with van der Waals surface area (Å²) in [5, 5.41) is 11.8. The first-order chi connectivity index (χ1) is 14.6. The fraction of sp³-hybridized carbons (Fsp3) is 0.190. The molecule has 0 atom stereocenters. The van der Waals surface area contributed by atoms with Crippen LogP contribution in [0.1, 0.15) is 40.4 Å². The van der Waals surface area contributed by atoms with Gasteiger partial charge in [-0.15, -0.1) is 0 Å². The van der Waals surface area contributed by atoms with E-state index in [0.717, 1.165) is 5.69 Å². The number of fused-ring (bicyclic) bond motifs is 1. The van der Waals surface area contributed by atoms with Crippen molar-refractivity contribution in [3.05, 3.63) is 65.7 Å². The predicted octanol–water partition coefficient (Wildman–Crippen LogP) is 3.40. The van der Waals surface area contributed by atoms with Crippen molar-refractivity contribution in [1.29, 1.82) is 0 Å². The lowest BCUT2D eigenvalue weighted by atomic mass is 10.1. The Balaban J connectivity index is 1.62. The average Bonchev–Trinajstić information content (AvgIpc) is 3.41. The van der Waals surface area contributed by atoms with Gasteiger partial charge >= 0.3 is 5.97 Å². The van der Waals surface area contributed by atoms with Gasteiger partial charge in [0.25, 0.3) is 11.6 Å². The number of nitrogens with one attached hydrogen (secondary N) is 1. The van der Waals surface area contributed by atoms with E-state index in [4.69, 9.17) is 9.26 Å². The second-order valence-electron chi connectivity index (χ2n) is 6.40. The first-order valence-corrected chi connectivity index (χ1v) is 9.48. The van der Waals surface area contributed by atoms with Gasteiger partial charge < -0.3 is 14.6 Å². The molecule has 0 aliphatic rings. The van der Waals surface area contributed by atoms with Gasteiger partial charge in [0, 0.05) is 12.4 Å². The Morgan fingerprint density at radius 2 is 2.03 bits per heavy atom. The molecule has 0 radical (unpaired) electrons. The number of aromatic nitrogens is 4. The van der Waals surface area contributed by atoms with E-state index in [-0.39, 0.29) is 18.2 Å². The van der Waals surface area contributed by atoms with Crippen molar-refractivity contribution in [3.63, 3.8) is 0 Å². The third-order valence-corrected chi connectivity index (χ3v) is 4.47. The number of amides is 1. The lowest BCUT2D eigenvalue weighted by Crippen LogP contribution is -2.14. The summed E-state index contributed by atoms with van der Waals surface area (Å²) in [7, 11) is 0. The van der Waals surface area contributed by atoms with Gasteiger partial charge in [-0.2, -0.15) is 5.10 Å². The third-order valence-electron chi connectivity index (χ3n) is 4.47. The number of aryl methyl sites for hydroxylation is 1. The maximum atomic E-state index is 12.9. The molecule has 0 bridgehead atoms. The van der Waals surface area contributed by atoms with Crippen molar-refractivity contribution in [2.45, 2.75) is 20.3 Å². The van der Waals surface area contributed by atoms with Crippen LogP contribution < -0.4 is 5.32 Å². The van der Waals surface area contributed by atoms with E-state index in [1.165, 1.54) is 10.9 Å². The second kappa shape index (κ2) is 8.16. The highest BCUT2D eigenvalue weighted by Gasteiger charge is 2.16. The molecule has 4 rings (SSSR count). The van der Waals surface area contributed by atoms with Gasteiger partial charge in [-0.3, -0.25) is 4.79 Å². The summed E-state index contributed by atoms with van der Waals surface area (Å²) in [6.45, 7) is 3.95. The van der Waals surface area contributed by atoms with Gasteiger partial charge in [0.2, 0.25) is 0 Å². The topological polar surface area (TPSA) is 112 Å². The molecule has 0 unspecified atom stereocenters. The minimum Gasteiger partial charge on any atom is -0.461 e. The van der Waals surface area contributed by atoms with Crippen LogP contribution in [0.15, 0.2) is 53.3 Å². The first-order valence-electron chi connectivity index (χ1n) is 9.48. The van der Waals surface area contributed by atoms with E-state index >= 15 is 0 Å². The van der Waals surface area contributed by atoms with Crippen molar-refractivity contribution < 1.29 is 18.8 Å². The van der Waals surface area contributed by atoms with Crippen molar-refractivity contribution in [2.24, 2.45) is 0 Å². The quantitative estimate of drug-likeness (QED) is 0.489. The fourth-order valence-corrected chi connectivity index (χ4v) is 3.00. The zero-order chi connectivity index (χ0) is 21.1. The molecule has 9 nitrogen and oxygen atoms in total. The van der Waals surface area contributed by atoms with Gasteiger partial charge in [0.1, 0.15) is 0 Å². The molecular formula is C21H19N5O4. The molecule has 152 valence electrons. The summed E-state index contributed by atoms with van der Waals surface area (Å²) in [4.78, 5) is 28.9. The minimum atomic E-state index is -0.502. The highest BCUT2D eigenvalue weighted by molar-refractivity contribution is 6.06. The van der Waals surface area contributed by atoms with Gasteiger partial charge in [-0.05, 0) is 37.6 Å². The van der Waals surface area contributed by atoms with E-state index in [1.54, 1.807) is 43.5 Å². The van der Waals surface area contributed by atoms with Crippen LogP contribution in [0.4, 0.5) is 5.69 Å². The summed E-state index contributed by atoms with van der Waals surface area (Å²) in [6.07, 6.45) is 3.75. The van der Waals surface area contributed by atoms with E-state index < -0.39 is 5.97 Å². The van der Waals surface area contributed by atoms with Crippen molar-refractivity contribution >= 4 is 28.7 Å². The van der Waals surface area contributed by atoms with Crippen LogP contribution in [-0.2, 0) is 11.2 Å². The molecule has 0 aliphatic heterocycles. The number of benzene rings is 1. The monoisotopic (exact) mass is 405 g/mol. The molecule has 0 aliphatic carbocycles. The number of para-hydroxylation sites is 2. The Kier molecular flexibility index (Phi) is 5.25. The highest BCUT2D eigenvalue weighted by Crippen LogP contribution is 2.22. The van der Waals surface area contributed by atoms with Crippen LogP contribution in [0.3, 0.4) is 0 Å². The summed E-state index contributed by atoms with van der Waals surface area (Å²) in [6, 6.07) is 10.4. The summed E-state index contributed by atoms with van der Waals surface area (Å²) in [5.41, 5.74) is 2.84. The van der Waals surface area contributed by atoms with E-state index in [2.05, 4.69) is 20.6 Å². The number of nitrogens with zero attached hydrogens (tertiary/aromatic N) is 4. The lowest BCUT2D eigenvalue weighted by Gasteiger charge is -2.11. The third kappa shape index (κ3) is 3.64. The highest BCUT2D eigenvalue weighted by atomic mass is 16.5. The molecule has 3 heterocycles. The van der Waals surface area contributed by atoms with Gasteiger partial charge in [0.05, 0.1) is 34.6 Å². The maximum absolute atomic E-state index is 12.9. The molecule has 3 aromatic heterocycles. The second-order valence-corrected chi connectivity index (χ2v) is 6.40. The van der Waals surface area contributed by atoms with E-state index in [0.29, 0.717) is 34.5 Å². The molecule has 9 heteroatoms. The molecule has 4 aromatic rings. The molecule has 1 amide bonds. The number of anilines is 1. The van der Waals surface area contributed by atoms with Gasteiger partial charge in [0.15, 0.2) is 5.69 Å². The molecular weight excluding hydrogens is 386 g/mol. The Morgan fingerprint density at radius 1 is 1.20 bits per heavy atom. The zero-order valence-corrected chi connectivity index (χ0v) is 16.5. The van der Waals surface area contributed by atoms with Crippen LogP contribution in [-0.4, -0.2) is 38.4 Å². The first kappa shape index (κ1) is 19.3. The molecule has 30 heavy (non-hydrogen) atoms. The Bertz CT molecular complexity index is 1230. The SMILES string of the molecule is CCOC(=O)c1ccn(-c2ccccc2NC(=O)c2cnc3onc(CC)c3c2)n1. The molecule has 0 spiro atoms. The van der Waals surface area contributed by atoms with Crippen LogP contribution in [0, 0.1) is 0 Å². The predicted molar refractivity (Wildman–Crippen MR) is 109 cm³/mol. The van der Waals surface area contributed by atoms with Crippen molar-refractivity contribution in [3.8, 4) is 5.69 Å². The smallest absolute Gasteiger partial charge is 0.358 e. The van der Waals surface area contributed by atoms with E-state index in [9.17, 15) is 9.59 Å². The van der Waals surface area contributed by atoms with Crippen molar-refractivity contribution in [2.75, 3.05) is 11.9 Å². The number of rotatable bonds is 6. The van der Waals surface area contributed by atoms with Crippen LogP contribution in [0.5, 0.6) is 0 Å². The molecule has 0 saturated carbocycles. The maximum Gasteiger partial charge on any atom is 0.358 e. The largest absolute Gasteiger partial charge is 0.461 e. The molecule has 1 aromatic carbocycles. The Hall–Kier alpha value is -4.01. The number of ether oxygens (including phenoxy) is 1. The fourth-order valence-electron chi connectivity index (χ4n) is 3.00. The minimum absolute atomic E-state index is 0.187. The zero-order valence-electron chi connectivity index (χ0n) is 16.5. The molecule has 0 fully saturated rings. The van der Waals surface area contributed by atoms with Crippen LogP contribution >= 0.6 is 0 Å². The van der Waals surface area contributed by atoms with Gasteiger partial charge in [-0.25, -0.2) is 14.5 Å². The Labute approximate surface area is 171 Å². The van der Waals surface area contributed by atoms with E-state index in [1.807, 2.05) is 13.0 Å². The summed E-state index contributed by atoms with van der Waals surface area (Å²) in [5.74, 6) is -0.838. The van der Waals surface area contributed by atoms with Crippen LogP contribution in [0.25, 0.3) is 16.8 Å². The molecule has 1 N–H and O–H groups in total. The summed E-state index contributed by atoms with van der Waals surface area (Å²) >= 11 is 0.